The lowest BCUT2D eigenvalue weighted by atomic mass is 9.86. The van der Waals surface area contributed by atoms with Crippen molar-refractivity contribution in [1.29, 1.82) is 0 Å². The summed E-state index contributed by atoms with van der Waals surface area (Å²) in [5.74, 6) is 0.388. The monoisotopic (exact) mass is 282 g/mol. The molecule has 1 heterocycles. The number of aromatic carboxylic acids is 1. The lowest BCUT2D eigenvalue weighted by molar-refractivity contribution is 0.0696. The summed E-state index contributed by atoms with van der Waals surface area (Å²) < 4.78 is 0. The van der Waals surface area contributed by atoms with Crippen LogP contribution in [0.1, 0.15) is 43.0 Å². The number of nitrogens with zero attached hydrogens (tertiary/aromatic N) is 2. The highest BCUT2D eigenvalue weighted by atomic mass is 35.5. The molecule has 0 aliphatic heterocycles. The number of carboxylic acids is 1. The highest BCUT2D eigenvalue weighted by molar-refractivity contribution is 6.33. The quantitative estimate of drug-likeness (QED) is 0.922. The summed E-state index contributed by atoms with van der Waals surface area (Å²) in [7, 11) is 1.98. The van der Waals surface area contributed by atoms with Crippen LogP contribution >= 0.6 is 11.6 Å². The van der Waals surface area contributed by atoms with Gasteiger partial charge in [-0.1, -0.05) is 31.4 Å². The molecule has 4 nitrogen and oxygen atoms in total. The van der Waals surface area contributed by atoms with Crippen LogP contribution in [0.15, 0.2) is 12.3 Å². The van der Waals surface area contributed by atoms with E-state index < -0.39 is 5.97 Å². The van der Waals surface area contributed by atoms with Crippen LogP contribution in [0.5, 0.6) is 0 Å². The van der Waals surface area contributed by atoms with Crippen molar-refractivity contribution >= 4 is 23.4 Å². The first-order chi connectivity index (χ1) is 8.99. The van der Waals surface area contributed by atoms with Gasteiger partial charge in [-0.25, -0.2) is 9.78 Å². The standard InChI is InChI=1S/C14H19ClN2O2/c1-9-4-3-5-11(6-9)17(2)13-12(15)7-10(8-16-13)14(18)19/h7-9,11H,3-6H2,1-2H3,(H,18,19). The summed E-state index contributed by atoms with van der Waals surface area (Å²) in [5, 5.41) is 9.31. The number of carboxylic acid groups (broad SMARTS) is 1. The minimum Gasteiger partial charge on any atom is -0.478 e. The third-order valence-electron chi connectivity index (χ3n) is 3.86. The first kappa shape index (κ1) is 14.1. The van der Waals surface area contributed by atoms with Crippen LogP contribution in [0.4, 0.5) is 5.82 Å². The Kier molecular flexibility index (Phi) is 4.30. The highest BCUT2D eigenvalue weighted by Crippen LogP contribution is 2.32. The van der Waals surface area contributed by atoms with Crippen LogP contribution in [0.2, 0.25) is 5.02 Å². The number of hydrogen-bond donors (Lipinski definition) is 1. The Morgan fingerprint density at radius 1 is 1.53 bits per heavy atom. The fraction of sp³-hybridized carbons (Fsp3) is 0.571. The average Bonchev–Trinajstić information content (AvgIpc) is 2.37. The minimum absolute atomic E-state index is 0.124. The third-order valence-corrected chi connectivity index (χ3v) is 4.14. The summed E-state index contributed by atoms with van der Waals surface area (Å²) >= 11 is 6.16. The zero-order valence-corrected chi connectivity index (χ0v) is 12.0. The number of aromatic nitrogens is 1. The second kappa shape index (κ2) is 5.78. The zero-order chi connectivity index (χ0) is 14.0. The third kappa shape index (κ3) is 3.18. The van der Waals surface area contributed by atoms with E-state index in [9.17, 15) is 4.79 Å². The molecule has 1 fully saturated rings. The van der Waals surface area contributed by atoms with Crippen molar-refractivity contribution in [3.05, 3.63) is 22.8 Å². The van der Waals surface area contributed by atoms with Crippen LogP contribution in [-0.4, -0.2) is 29.1 Å². The zero-order valence-electron chi connectivity index (χ0n) is 11.3. The minimum atomic E-state index is -1.00. The summed E-state index contributed by atoms with van der Waals surface area (Å²) in [5.41, 5.74) is 0.124. The molecule has 5 heteroatoms. The number of hydrogen-bond acceptors (Lipinski definition) is 3. The van der Waals surface area contributed by atoms with Gasteiger partial charge in [0, 0.05) is 19.3 Å². The molecule has 1 aliphatic carbocycles. The number of carbonyl (C=O) groups is 1. The smallest absolute Gasteiger partial charge is 0.337 e. The highest BCUT2D eigenvalue weighted by Gasteiger charge is 2.24. The molecule has 0 spiro atoms. The Morgan fingerprint density at radius 3 is 2.84 bits per heavy atom. The van der Waals surface area contributed by atoms with Gasteiger partial charge in [-0.15, -0.1) is 0 Å². The van der Waals surface area contributed by atoms with Crippen LogP contribution in [0, 0.1) is 5.92 Å². The van der Waals surface area contributed by atoms with E-state index in [0.717, 1.165) is 18.8 Å². The lowest BCUT2D eigenvalue weighted by Crippen LogP contribution is -2.36. The SMILES string of the molecule is CC1CCCC(N(C)c2ncc(C(=O)O)cc2Cl)C1. The largest absolute Gasteiger partial charge is 0.478 e. The molecular weight excluding hydrogens is 264 g/mol. The Balaban J connectivity index is 2.19. The maximum Gasteiger partial charge on any atom is 0.337 e. The van der Waals surface area contributed by atoms with Crippen molar-refractivity contribution in [2.45, 2.75) is 38.6 Å². The van der Waals surface area contributed by atoms with E-state index in [1.54, 1.807) is 0 Å². The van der Waals surface area contributed by atoms with E-state index in [1.165, 1.54) is 25.1 Å². The molecule has 0 bridgehead atoms. The van der Waals surface area contributed by atoms with E-state index in [4.69, 9.17) is 16.7 Å². The number of rotatable bonds is 3. The van der Waals surface area contributed by atoms with Gasteiger partial charge in [0.2, 0.25) is 0 Å². The van der Waals surface area contributed by atoms with Crippen molar-refractivity contribution in [2.75, 3.05) is 11.9 Å². The second-order valence-corrected chi connectivity index (χ2v) is 5.78. The predicted octanol–water partition coefficient (Wildman–Crippen LogP) is 3.45. The van der Waals surface area contributed by atoms with Crippen molar-refractivity contribution < 1.29 is 9.90 Å². The molecule has 1 aromatic rings. The fourth-order valence-corrected chi connectivity index (χ4v) is 3.03. The lowest BCUT2D eigenvalue weighted by Gasteiger charge is -2.35. The predicted molar refractivity (Wildman–Crippen MR) is 76.0 cm³/mol. The molecule has 0 amide bonds. The van der Waals surface area contributed by atoms with Crippen molar-refractivity contribution in [1.82, 2.24) is 4.98 Å². The van der Waals surface area contributed by atoms with Gasteiger partial charge >= 0.3 is 5.97 Å². The van der Waals surface area contributed by atoms with Crippen LogP contribution in [0.25, 0.3) is 0 Å². The molecule has 1 aliphatic rings. The molecule has 2 unspecified atom stereocenters. The molecule has 1 N–H and O–H groups in total. The van der Waals surface area contributed by atoms with E-state index in [-0.39, 0.29) is 5.56 Å². The molecule has 0 radical (unpaired) electrons. The van der Waals surface area contributed by atoms with Crippen molar-refractivity contribution in [3.63, 3.8) is 0 Å². The van der Waals surface area contributed by atoms with Gasteiger partial charge in [-0.05, 0) is 24.8 Å². The van der Waals surface area contributed by atoms with E-state index in [0.29, 0.717) is 16.9 Å². The first-order valence-corrected chi connectivity index (χ1v) is 6.98. The molecule has 0 aromatic carbocycles. The second-order valence-electron chi connectivity index (χ2n) is 5.37. The Hall–Kier alpha value is -1.29. The number of halogens is 1. The Bertz CT molecular complexity index is 479. The van der Waals surface area contributed by atoms with Gasteiger partial charge in [0.05, 0.1) is 10.6 Å². The van der Waals surface area contributed by atoms with E-state index in [1.807, 2.05) is 7.05 Å². The fourth-order valence-electron chi connectivity index (χ4n) is 2.73. The van der Waals surface area contributed by atoms with E-state index >= 15 is 0 Å². The van der Waals surface area contributed by atoms with Crippen molar-refractivity contribution in [2.24, 2.45) is 5.92 Å². The van der Waals surface area contributed by atoms with Crippen molar-refractivity contribution in [3.8, 4) is 0 Å². The molecule has 2 rings (SSSR count). The average molecular weight is 283 g/mol. The van der Waals surface area contributed by atoms with Crippen LogP contribution in [0.3, 0.4) is 0 Å². The molecule has 104 valence electrons. The van der Waals surface area contributed by atoms with Gasteiger partial charge in [-0.2, -0.15) is 0 Å². The number of pyridine rings is 1. The van der Waals surface area contributed by atoms with Gasteiger partial charge < -0.3 is 10.0 Å². The van der Waals surface area contributed by atoms with Gasteiger partial charge in [0.25, 0.3) is 0 Å². The molecule has 1 saturated carbocycles. The maximum atomic E-state index is 10.9. The molecular formula is C14H19ClN2O2. The summed E-state index contributed by atoms with van der Waals surface area (Å²) in [4.78, 5) is 17.2. The van der Waals surface area contributed by atoms with Crippen LogP contribution < -0.4 is 4.90 Å². The van der Waals surface area contributed by atoms with Gasteiger partial charge in [-0.3, -0.25) is 0 Å². The number of anilines is 1. The van der Waals surface area contributed by atoms with Gasteiger partial charge in [0.15, 0.2) is 0 Å². The Morgan fingerprint density at radius 2 is 2.26 bits per heavy atom. The van der Waals surface area contributed by atoms with Crippen LogP contribution in [-0.2, 0) is 0 Å². The molecule has 2 atom stereocenters. The molecule has 1 aromatic heterocycles. The van der Waals surface area contributed by atoms with Gasteiger partial charge in [0.1, 0.15) is 5.82 Å². The molecule has 0 saturated heterocycles. The summed E-state index contributed by atoms with van der Waals surface area (Å²) in [6.07, 6.45) is 6.14. The summed E-state index contributed by atoms with van der Waals surface area (Å²) in [6, 6.07) is 1.90. The van der Waals surface area contributed by atoms with E-state index in [2.05, 4.69) is 16.8 Å². The topological polar surface area (TPSA) is 53.4 Å². The molecule has 19 heavy (non-hydrogen) atoms. The maximum absolute atomic E-state index is 10.9. The summed E-state index contributed by atoms with van der Waals surface area (Å²) in [6.45, 7) is 2.27. The Labute approximate surface area is 118 Å². The normalized spacial score (nSPS) is 23.1. The first-order valence-electron chi connectivity index (χ1n) is 6.60.